The number of furan rings is 2. The molecule has 38 heavy (non-hydrogen) atoms. The van der Waals surface area contributed by atoms with Crippen molar-refractivity contribution < 1.29 is 8.83 Å². The number of rotatable bonds is 4. The maximum Gasteiger partial charge on any atom is 0.160 e. The Morgan fingerprint density at radius 1 is 0.868 bits per heavy atom. The minimum atomic E-state index is 0.00379. The fourth-order valence-electron chi connectivity index (χ4n) is 5.58. The largest absolute Gasteiger partial charge is 0.464 e. The monoisotopic (exact) mass is 501 g/mol. The summed E-state index contributed by atoms with van der Waals surface area (Å²) in [7, 11) is 0. The number of pyridine rings is 1. The Morgan fingerprint density at radius 3 is 2.42 bits per heavy atom. The predicted octanol–water partition coefficient (Wildman–Crippen LogP) is 10.2. The number of fused-ring (bicyclic) bond motifs is 3. The molecule has 0 saturated carbocycles. The molecule has 0 atom stereocenters. The second-order valence-electron chi connectivity index (χ2n) is 12.1. The van der Waals surface area contributed by atoms with Gasteiger partial charge in [-0.3, -0.25) is 0 Å². The zero-order chi connectivity index (χ0) is 26.8. The maximum atomic E-state index is 6.33. The van der Waals surface area contributed by atoms with Gasteiger partial charge < -0.3 is 8.83 Å². The van der Waals surface area contributed by atoms with Gasteiger partial charge >= 0.3 is 0 Å². The SMILES string of the molecule is Cc1oc2c(-c3ccc4occ(CC(C)C)c4c3)cc(-c3cc(C(C)(C)C)c4ccccc4c3)nc2c1C. The summed E-state index contributed by atoms with van der Waals surface area (Å²) in [5.74, 6) is 1.46. The van der Waals surface area contributed by atoms with E-state index in [1.165, 1.54) is 27.3 Å². The summed E-state index contributed by atoms with van der Waals surface area (Å²) in [5, 5.41) is 3.70. The molecule has 0 aliphatic carbocycles. The van der Waals surface area contributed by atoms with Crippen molar-refractivity contribution in [2.45, 2.75) is 60.3 Å². The van der Waals surface area contributed by atoms with Gasteiger partial charge in [0.2, 0.25) is 0 Å². The number of hydrogen-bond donors (Lipinski definition) is 0. The van der Waals surface area contributed by atoms with Gasteiger partial charge in [0, 0.05) is 22.1 Å². The highest BCUT2D eigenvalue weighted by molar-refractivity contribution is 5.98. The van der Waals surface area contributed by atoms with Gasteiger partial charge in [-0.2, -0.15) is 0 Å². The van der Waals surface area contributed by atoms with E-state index in [9.17, 15) is 0 Å². The van der Waals surface area contributed by atoms with Crippen molar-refractivity contribution in [1.82, 2.24) is 4.98 Å². The molecule has 192 valence electrons. The van der Waals surface area contributed by atoms with E-state index in [4.69, 9.17) is 13.8 Å². The molecule has 3 aromatic heterocycles. The highest BCUT2D eigenvalue weighted by Gasteiger charge is 2.21. The molecule has 0 bridgehead atoms. The van der Waals surface area contributed by atoms with Crippen LogP contribution in [0, 0.1) is 19.8 Å². The van der Waals surface area contributed by atoms with E-state index in [0.717, 1.165) is 56.8 Å². The average Bonchev–Trinajstić information content (AvgIpc) is 3.41. The van der Waals surface area contributed by atoms with E-state index in [1.54, 1.807) is 0 Å². The van der Waals surface area contributed by atoms with E-state index in [2.05, 4.69) is 102 Å². The molecule has 3 heteroatoms. The van der Waals surface area contributed by atoms with Crippen LogP contribution in [0.5, 0.6) is 0 Å². The lowest BCUT2D eigenvalue weighted by molar-refractivity contribution is 0.575. The third kappa shape index (κ3) is 4.11. The highest BCUT2D eigenvalue weighted by Crippen LogP contribution is 2.40. The van der Waals surface area contributed by atoms with Crippen LogP contribution >= 0.6 is 0 Å². The summed E-state index contributed by atoms with van der Waals surface area (Å²) in [4.78, 5) is 5.18. The molecule has 0 N–H and O–H groups in total. The van der Waals surface area contributed by atoms with Gasteiger partial charge in [-0.15, -0.1) is 0 Å². The standard InChI is InChI=1S/C35H35NO2/c1-20(2)14-26-19-37-32-13-12-24(16-28(26)32)29-18-31(36-33-21(3)22(4)38-34(29)33)25-15-23-10-8-9-11-27(23)30(17-25)35(5,6)7/h8-13,15-20H,14H2,1-7H3. The van der Waals surface area contributed by atoms with Crippen LogP contribution in [-0.4, -0.2) is 4.98 Å². The van der Waals surface area contributed by atoms with E-state index in [-0.39, 0.29) is 5.41 Å². The molecule has 0 fully saturated rings. The normalized spacial score (nSPS) is 12.4. The predicted molar refractivity (Wildman–Crippen MR) is 159 cm³/mol. The van der Waals surface area contributed by atoms with Gasteiger partial charge in [-0.05, 0) is 89.4 Å². The summed E-state index contributed by atoms with van der Waals surface area (Å²) in [6.45, 7) is 15.4. The van der Waals surface area contributed by atoms with Crippen molar-refractivity contribution in [2.24, 2.45) is 5.92 Å². The van der Waals surface area contributed by atoms with Crippen molar-refractivity contribution in [1.29, 1.82) is 0 Å². The Bertz CT molecular complexity index is 1820. The number of nitrogens with zero attached hydrogens (tertiary/aromatic N) is 1. The fourth-order valence-corrected chi connectivity index (χ4v) is 5.58. The van der Waals surface area contributed by atoms with Crippen LogP contribution < -0.4 is 0 Å². The van der Waals surface area contributed by atoms with Gasteiger partial charge in [0.15, 0.2) is 5.58 Å². The first-order chi connectivity index (χ1) is 18.1. The first kappa shape index (κ1) is 24.5. The van der Waals surface area contributed by atoms with Crippen molar-refractivity contribution in [3.8, 4) is 22.4 Å². The molecule has 0 unspecified atom stereocenters. The van der Waals surface area contributed by atoms with Gasteiger partial charge in [0.05, 0.1) is 12.0 Å². The fraction of sp³-hybridized carbons (Fsp3) is 0.286. The van der Waals surface area contributed by atoms with Gasteiger partial charge in [0.1, 0.15) is 16.9 Å². The first-order valence-corrected chi connectivity index (χ1v) is 13.5. The summed E-state index contributed by atoms with van der Waals surface area (Å²) in [6, 6.07) is 21.9. The Labute approximate surface area is 224 Å². The third-order valence-electron chi connectivity index (χ3n) is 7.67. The maximum absolute atomic E-state index is 6.33. The summed E-state index contributed by atoms with van der Waals surface area (Å²) < 4.78 is 12.2. The number of aromatic nitrogens is 1. The highest BCUT2D eigenvalue weighted by atomic mass is 16.3. The molecule has 0 amide bonds. The summed E-state index contributed by atoms with van der Waals surface area (Å²) in [5.41, 5.74) is 10.6. The van der Waals surface area contributed by atoms with Crippen molar-refractivity contribution in [3.05, 3.63) is 89.4 Å². The van der Waals surface area contributed by atoms with Crippen LogP contribution in [-0.2, 0) is 11.8 Å². The van der Waals surface area contributed by atoms with E-state index in [1.807, 2.05) is 13.2 Å². The smallest absolute Gasteiger partial charge is 0.160 e. The first-order valence-electron chi connectivity index (χ1n) is 13.5. The number of aryl methyl sites for hydroxylation is 2. The zero-order valence-corrected chi connectivity index (χ0v) is 23.4. The summed E-state index contributed by atoms with van der Waals surface area (Å²) in [6.07, 6.45) is 2.89. The lowest BCUT2D eigenvalue weighted by Crippen LogP contribution is -2.12. The quantitative estimate of drug-likeness (QED) is 0.241. The van der Waals surface area contributed by atoms with Crippen molar-refractivity contribution in [3.63, 3.8) is 0 Å². The molecule has 3 aromatic carbocycles. The molecule has 6 aromatic rings. The molecule has 0 radical (unpaired) electrons. The number of benzene rings is 3. The van der Waals surface area contributed by atoms with Gasteiger partial charge in [0.25, 0.3) is 0 Å². The minimum absolute atomic E-state index is 0.00379. The summed E-state index contributed by atoms with van der Waals surface area (Å²) >= 11 is 0. The second kappa shape index (κ2) is 8.87. The lowest BCUT2D eigenvalue weighted by atomic mass is 9.82. The Balaban J connectivity index is 1.62. The lowest BCUT2D eigenvalue weighted by Gasteiger charge is -2.23. The van der Waals surface area contributed by atoms with Crippen molar-refractivity contribution in [2.75, 3.05) is 0 Å². The number of hydrogen-bond acceptors (Lipinski definition) is 3. The molecule has 3 heterocycles. The third-order valence-corrected chi connectivity index (χ3v) is 7.67. The van der Waals surface area contributed by atoms with Crippen LogP contribution in [0.25, 0.3) is 55.2 Å². The van der Waals surface area contributed by atoms with Crippen molar-refractivity contribution >= 4 is 32.8 Å². The topological polar surface area (TPSA) is 39.2 Å². The molecular weight excluding hydrogens is 466 g/mol. The van der Waals surface area contributed by atoms with E-state index >= 15 is 0 Å². The van der Waals surface area contributed by atoms with Crippen LogP contribution in [0.4, 0.5) is 0 Å². The molecule has 0 aliphatic heterocycles. The van der Waals surface area contributed by atoms with Crippen LogP contribution in [0.1, 0.15) is 57.1 Å². The minimum Gasteiger partial charge on any atom is -0.464 e. The Morgan fingerprint density at radius 2 is 1.66 bits per heavy atom. The molecule has 3 nitrogen and oxygen atoms in total. The molecule has 0 saturated heterocycles. The molecule has 6 rings (SSSR count). The Hall–Kier alpha value is -3.85. The molecular formula is C35H35NO2. The second-order valence-corrected chi connectivity index (χ2v) is 12.1. The van der Waals surface area contributed by atoms with Crippen LogP contribution in [0.2, 0.25) is 0 Å². The van der Waals surface area contributed by atoms with Gasteiger partial charge in [-0.1, -0.05) is 65.0 Å². The van der Waals surface area contributed by atoms with E-state index < -0.39 is 0 Å². The molecule has 0 aliphatic rings. The van der Waals surface area contributed by atoms with E-state index in [0.29, 0.717) is 5.92 Å². The van der Waals surface area contributed by atoms with Gasteiger partial charge in [-0.25, -0.2) is 4.98 Å². The zero-order valence-electron chi connectivity index (χ0n) is 23.4. The average molecular weight is 502 g/mol. The van der Waals surface area contributed by atoms with Crippen LogP contribution in [0.3, 0.4) is 0 Å². The van der Waals surface area contributed by atoms with Crippen LogP contribution in [0.15, 0.2) is 75.8 Å². The molecule has 0 spiro atoms. The Kier molecular flexibility index (Phi) is 5.72.